The van der Waals surface area contributed by atoms with Gasteiger partial charge in [-0.05, 0) is 38.2 Å². The fraction of sp³-hybridized carbons (Fsp3) is 0.364. The average molecular weight is 338 g/mol. The van der Waals surface area contributed by atoms with E-state index in [0.29, 0.717) is 0 Å². The van der Waals surface area contributed by atoms with Crippen molar-refractivity contribution in [1.82, 2.24) is 4.90 Å². The van der Waals surface area contributed by atoms with Gasteiger partial charge in [0.1, 0.15) is 0 Å². The van der Waals surface area contributed by atoms with E-state index in [2.05, 4.69) is 98.4 Å². The van der Waals surface area contributed by atoms with Gasteiger partial charge in [0.25, 0.3) is 0 Å². The molecule has 0 heterocycles. The second-order valence-corrected chi connectivity index (χ2v) is 7.31. The molecule has 2 atom stereocenters. The lowest BCUT2D eigenvalue weighted by molar-refractivity contribution is 0.347. The highest BCUT2D eigenvalue weighted by atomic mass is 32.2. The molecule has 0 fully saturated rings. The summed E-state index contributed by atoms with van der Waals surface area (Å²) in [5.41, 5.74) is 1.33. The van der Waals surface area contributed by atoms with Gasteiger partial charge in [-0.25, -0.2) is 0 Å². The molecule has 2 heteroatoms. The van der Waals surface area contributed by atoms with E-state index in [0.717, 1.165) is 6.42 Å². The third kappa shape index (κ3) is 5.74. The van der Waals surface area contributed by atoms with Crippen molar-refractivity contribution in [2.75, 3.05) is 14.1 Å². The summed E-state index contributed by atoms with van der Waals surface area (Å²) in [6.07, 6.45) is 3.36. The Morgan fingerprint density at radius 2 is 1.58 bits per heavy atom. The molecule has 0 saturated carbocycles. The van der Waals surface area contributed by atoms with Crippen LogP contribution in [0.1, 0.15) is 37.0 Å². The molecule has 0 aliphatic heterocycles. The molecule has 0 unspecified atom stereocenters. The zero-order chi connectivity index (χ0) is 17.2. The molecule has 1 nitrogen and oxygen atoms in total. The Morgan fingerprint density at radius 3 is 2.17 bits per heavy atom. The van der Waals surface area contributed by atoms with Crippen LogP contribution in [0.25, 0.3) is 0 Å². The Kier molecular flexibility index (Phi) is 7.95. The lowest BCUT2D eigenvalue weighted by Crippen LogP contribution is -2.31. The van der Waals surface area contributed by atoms with Gasteiger partial charge >= 0.3 is 0 Å². The van der Waals surface area contributed by atoms with Gasteiger partial charge in [-0.3, -0.25) is 4.90 Å². The average Bonchev–Trinajstić information content (AvgIpc) is 2.62. The van der Waals surface area contributed by atoms with Gasteiger partial charge in [0.15, 0.2) is 0 Å². The van der Waals surface area contributed by atoms with Gasteiger partial charge in [-0.15, -0.1) is 17.7 Å². The Bertz CT molecular complexity index is 640. The number of thioether (sulfide) groups is 1. The van der Waals surface area contributed by atoms with Crippen LogP contribution in [0.5, 0.6) is 0 Å². The quantitative estimate of drug-likeness (QED) is 0.365. The number of hydrogen-bond donors (Lipinski definition) is 0. The third-order valence-electron chi connectivity index (χ3n) is 3.88. The maximum absolute atomic E-state index is 3.53. The lowest BCUT2D eigenvalue weighted by atomic mass is 10.0. The summed E-state index contributed by atoms with van der Waals surface area (Å²) in [5, 5.41) is 0.290. The van der Waals surface area contributed by atoms with Gasteiger partial charge in [0, 0.05) is 11.3 Å². The van der Waals surface area contributed by atoms with Crippen molar-refractivity contribution < 1.29 is 0 Å². The molecule has 24 heavy (non-hydrogen) atoms. The summed E-state index contributed by atoms with van der Waals surface area (Å²) >= 11 is 1.90. The van der Waals surface area contributed by atoms with Crippen LogP contribution in [0, 0.1) is 11.8 Å². The molecule has 0 radical (unpaired) electrons. The van der Waals surface area contributed by atoms with Gasteiger partial charge in [0.05, 0.1) is 11.3 Å². The standard InChI is InChI=1S/C22H27NS/c1-4-5-6-13-18-21(23(2)3)22(19-14-9-7-10-15-19)24-20-16-11-8-12-17-20/h7-12,14-17,21-22H,4-6H2,1-3H3/t21-,22-/m0/s1. The number of likely N-dealkylation sites (N-methyl/N-ethyl adjacent to an activating group) is 1. The number of nitrogens with zero attached hydrogens (tertiary/aromatic N) is 1. The molecular formula is C22H27NS. The largest absolute Gasteiger partial charge is 0.295 e. The molecule has 2 aromatic carbocycles. The summed E-state index contributed by atoms with van der Waals surface area (Å²) in [5.74, 6) is 6.93. The van der Waals surface area contributed by atoms with E-state index < -0.39 is 0 Å². The first kappa shape index (κ1) is 18.6. The van der Waals surface area contributed by atoms with Crippen LogP contribution in [0.3, 0.4) is 0 Å². The van der Waals surface area contributed by atoms with Gasteiger partial charge < -0.3 is 0 Å². The minimum Gasteiger partial charge on any atom is -0.295 e. The predicted molar refractivity (Wildman–Crippen MR) is 106 cm³/mol. The summed E-state index contributed by atoms with van der Waals surface area (Å²) < 4.78 is 0. The number of unbranched alkanes of at least 4 members (excludes halogenated alkanes) is 2. The van der Waals surface area contributed by atoms with Crippen LogP contribution in [-0.2, 0) is 0 Å². The summed E-state index contributed by atoms with van der Waals surface area (Å²) in [6, 6.07) is 21.5. The molecule has 0 aromatic heterocycles. The summed E-state index contributed by atoms with van der Waals surface area (Å²) in [4.78, 5) is 3.53. The van der Waals surface area contributed by atoms with Crippen molar-refractivity contribution in [3.63, 3.8) is 0 Å². The number of benzene rings is 2. The fourth-order valence-corrected chi connectivity index (χ4v) is 3.86. The van der Waals surface area contributed by atoms with Crippen molar-refractivity contribution >= 4 is 11.8 Å². The summed E-state index contributed by atoms with van der Waals surface area (Å²) in [7, 11) is 4.25. The minimum absolute atomic E-state index is 0.189. The minimum atomic E-state index is 0.189. The topological polar surface area (TPSA) is 3.24 Å². The van der Waals surface area contributed by atoms with Gasteiger partial charge in [0.2, 0.25) is 0 Å². The van der Waals surface area contributed by atoms with Crippen LogP contribution in [0.4, 0.5) is 0 Å². The zero-order valence-electron chi connectivity index (χ0n) is 14.9. The van der Waals surface area contributed by atoms with Crippen molar-refractivity contribution in [2.45, 2.75) is 42.4 Å². The first-order valence-electron chi connectivity index (χ1n) is 8.64. The highest BCUT2D eigenvalue weighted by molar-refractivity contribution is 7.99. The third-order valence-corrected chi connectivity index (χ3v) is 5.21. The van der Waals surface area contributed by atoms with Crippen LogP contribution >= 0.6 is 11.8 Å². The Morgan fingerprint density at radius 1 is 0.958 bits per heavy atom. The molecule has 0 N–H and O–H groups in total. The van der Waals surface area contributed by atoms with E-state index in [1.807, 2.05) is 11.8 Å². The molecule has 0 aliphatic carbocycles. The highest BCUT2D eigenvalue weighted by Crippen LogP contribution is 2.38. The van der Waals surface area contributed by atoms with E-state index >= 15 is 0 Å². The SMILES string of the molecule is CCCCC#C[C@@H]([C@@H](Sc1ccccc1)c1ccccc1)N(C)C. The predicted octanol–water partition coefficient (Wildman–Crippen LogP) is 5.64. The van der Waals surface area contributed by atoms with Crippen LogP contribution < -0.4 is 0 Å². The normalized spacial score (nSPS) is 13.2. The molecule has 2 aromatic rings. The van der Waals surface area contributed by atoms with Gasteiger partial charge in [-0.1, -0.05) is 67.8 Å². The maximum Gasteiger partial charge on any atom is 0.0874 e. The maximum atomic E-state index is 3.53. The van der Waals surface area contributed by atoms with Crippen molar-refractivity contribution in [2.24, 2.45) is 0 Å². The van der Waals surface area contributed by atoms with Crippen molar-refractivity contribution in [3.05, 3.63) is 66.2 Å². The van der Waals surface area contributed by atoms with E-state index in [1.54, 1.807) is 0 Å². The van der Waals surface area contributed by atoms with E-state index in [4.69, 9.17) is 0 Å². The van der Waals surface area contributed by atoms with E-state index in [1.165, 1.54) is 23.3 Å². The smallest absolute Gasteiger partial charge is 0.0874 e. The molecule has 0 saturated heterocycles. The van der Waals surface area contributed by atoms with Gasteiger partial charge in [-0.2, -0.15) is 0 Å². The van der Waals surface area contributed by atoms with Crippen LogP contribution in [0.2, 0.25) is 0 Å². The molecular weight excluding hydrogens is 310 g/mol. The lowest BCUT2D eigenvalue weighted by Gasteiger charge is -2.28. The second-order valence-electron chi connectivity index (χ2n) is 6.10. The number of rotatable bonds is 7. The van der Waals surface area contributed by atoms with Crippen molar-refractivity contribution in [1.29, 1.82) is 0 Å². The van der Waals surface area contributed by atoms with E-state index in [9.17, 15) is 0 Å². The molecule has 0 spiro atoms. The zero-order valence-corrected chi connectivity index (χ0v) is 15.7. The molecule has 2 rings (SSSR count). The first-order valence-corrected chi connectivity index (χ1v) is 9.51. The van der Waals surface area contributed by atoms with Crippen LogP contribution in [-0.4, -0.2) is 25.0 Å². The monoisotopic (exact) mass is 337 g/mol. The van der Waals surface area contributed by atoms with Crippen molar-refractivity contribution in [3.8, 4) is 11.8 Å². The highest BCUT2D eigenvalue weighted by Gasteiger charge is 2.24. The van der Waals surface area contributed by atoms with Crippen LogP contribution in [0.15, 0.2) is 65.6 Å². The Hall–Kier alpha value is -1.69. The molecule has 0 amide bonds. The number of hydrogen-bond acceptors (Lipinski definition) is 2. The molecule has 126 valence electrons. The fourth-order valence-electron chi connectivity index (χ4n) is 2.52. The second kappa shape index (κ2) is 10.2. The Balaban J connectivity index is 2.29. The molecule has 0 aliphatic rings. The molecule has 0 bridgehead atoms. The van der Waals surface area contributed by atoms with E-state index in [-0.39, 0.29) is 11.3 Å². The summed E-state index contributed by atoms with van der Waals surface area (Å²) in [6.45, 7) is 2.21. The Labute approximate surface area is 151 Å². The first-order chi connectivity index (χ1) is 11.7.